The van der Waals surface area contributed by atoms with Gasteiger partial charge in [-0.25, -0.2) is 9.78 Å². The van der Waals surface area contributed by atoms with Crippen LogP contribution in [0.15, 0.2) is 18.6 Å². The molecule has 0 aliphatic heterocycles. The number of hydrogen-bond acceptors (Lipinski definition) is 5. The minimum Gasteiger partial charge on any atom is -0.476 e. The van der Waals surface area contributed by atoms with E-state index in [0.717, 1.165) is 0 Å². The Morgan fingerprint density at radius 3 is 2.25 bits per heavy atom. The van der Waals surface area contributed by atoms with Crippen molar-refractivity contribution in [1.82, 2.24) is 9.97 Å². The highest BCUT2D eigenvalue weighted by atomic mass is 16.4. The molecule has 6 nitrogen and oxygen atoms in total. The van der Waals surface area contributed by atoms with Gasteiger partial charge in [0.05, 0.1) is 6.20 Å². The molecule has 0 saturated carbocycles. The van der Waals surface area contributed by atoms with E-state index in [4.69, 9.17) is 14.7 Å². The topological polar surface area (TPSA) is 97.2 Å². The van der Waals surface area contributed by atoms with Gasteiger partial charge in [0.2, 0.25) is 0 Å². The molecule has 0 aliphatic rings. The van der Waals surface area contributed by atoms with Gasteiger partial charge in [-0.15, -0.1) is 0 Å². The Kier molecular flexibility index (Phi) is 4.71. The maximum Gasteiger partial charge on any atom is 0.373 e. The molecule has 1 rings (SSSR count). The van der Waals surface area contributed by atoms with Gasteiger partial charge in [-0.05, 0) is 0 Å². The molecule has 0 spiro atoms. The Morgan fingerprint density at radius 1 is 1.42 bits per heavy atom. The van der Waals surface area contributed by atoms with Gasteiger partial charge in [0.25, 0.3) is 0 Å². The van der Waals surface area contributed by atoms with Crippen LogP contribution in [0.4, 0.5) is 0 Å². The van der Waals surface area contributed by atoms with E-state index in [2.05, 4.69) is 9.97 Å². The summed E-state index contributed by atoms with van der Waals surface area (Å²) in [5, 5.41) is 8.28. The highest BCUT2D eigenvalue weighted by molar-refractivity contribution is 5.84. The summed E-state index contributed by atoms with van der Waals surface area (Å²) in [5.41, 5.74) is -0.0301. The van der Waals surface area contributed by atoms with Gasteiger partial charge in [-0.1, -0.05) is 0 Å². The number of rotatable bonds is 1. The smallest absolute Gasteiger partial charge is 0.373 e. The number of aromatic carboxylic acids is 1. The van der Waals surface area contributed by atoms with Gasteiger partial charge in [0, 0.05) is 12.4 Å². The molecular formula is C6H4N2O4. The van der Waals surface area contributed by atoms with Crippen LogP contribution in [0, 0.1) is 0 Å². The summed E-state index contributed by atoms with van der Waals surface area (Å²) >= 11 is 0. The molecule has 1 aromatic heterocycles. The fourth-order valence-electron chi connectivity index (χ4n) is 0.410. The summed E-state index contributed by atoms with van der Waals surface area (Å²) in [6.07, 6.45) is 4.21. The third-order valence-corrected chi connectivity index (χ3v) is 0.782. The maximum absolute atomic E-state index is 10.1. The van der Waals surface area contributed by atoms with Crippen LogP contribution >= 0.6 is 0 Å². The second-order valence-electron chi connectivity index (χ2n) is 1.48. The van der Waals surface area contributed by atoms with E-state index < -0.39 is 5.97 Å². The second kappa shape index (κ2) is 5.70. The Hall–Kier alpha value is -2.07. The van der Waals surface area contributed by atoms with Crippen LogP contribution in [0.3, 0.4) is 0 Å². The van der Waals surface area contributed by atoms with Crippen molar-refractivity contribution < 1.29 is 19.5 Å². The molecule has 0 aliphatic carbocycles. The molecule has 1 heterocycles. The van der Waals surface area contributed by atoms with E-state index >= 15 is 0 Å². The lowest BCUT2D eigenvalue weighted by Crippen LogP contribution is -1.99. The minimum absolute atomic E-state index is 0.0301. The molecule has 62 valence electrons. The van der Waals surface area contributed by atoms with Gasteiger partial charge in [-0.3, -0.25) is 4.98 Å². The van der Waals surface area contributed by atoms with Crippen LogP contribution in [0.5, 0.6) is 0 Å². The number of nitrogens with zero attached hydrogens (tertiary/aromatic N) is 2. The Balaban J connectivity index is 0.000000354. The first kappa shape index (κ1) is 9.93. The lowest BCUT2D eigenvalue weighted by molar-refractivity contribution is -0.191. The van der Waals surface area contributed by atoms with Gasteiger partial charge >= 0.3 is 12.1 Å². The third-order valence-electron chi connectivity index (χ3n) is 0.782. The lowest BCUT2D eigenvalue weighted by Gasteiger charge is -1.86. The number of hydrogen-bond donors (Lipinski definition) is 1. The monoisotopic (exact) mass is 168 g/mol. The highest BCUT2D eigenvalue weighted by Gasteiger charge is 2.00. The third kappa shape index (κ3) is 3.86. The molecule has 0 saturated heterocycles. The molecule has 0 amide bonds. The molecule has 0 unspecified atom stereocenters. The molecule has 0 radical (unpaired) electrons. The second-order valence-corrected chi connectivity index (χ2v) is 1.48. The van der Waals surface area contributed by atoms with E-state index in [-0.39, 0.29) is 11.8 Å². The fraction of sp³-hybridized carbons (Fsp3) is 0. The first-order valence-corrected chi connectivity index (χ1v) is 2.71. The average Bonchev–Trinajstić information content (AvgIpc) is 2.07. The molecule has 6 heteroatoms. The van der Waals surface area contributed by atoms with E-state index in [0.29, 0.717) is 0 Å². The van der Waals surface area contributed by atoms with Gasteiger partial charge in [-0.2, -0.15) is 9.59 Å². The van der Waals surface area contributed by atoms with Crippen LogP contribution in [-0.4, -0.2) is 27.2 Å². The van der Waals surface area contributed by atoms with Gasteiger partial charge in [0.1, 0.15) is 0 Å². The number of carbonyl (C=O) groups excluding carboxylic acids is 2. The summed E-state index contributed by atoms with van der Waals surface area (Å²) in [4.78, 5) is 33.4. The van der Waals surface area contributed by atoms with E-state index in [1.807, 2.05) is 0 Å². The molecule has 1 aromatic rings. The molecule has 1 N–H and O–H groups in total. The van der Waals surface area contributed by atoms with E-state index in [1.165, 1.54) is 18.6 Å². The highest BCUT2D eigenvalue weighted by Crippen LogP contribution is 1.86. The predicted octanol–water partition coefficient (Wildman–Crippen LogP) is -0.409. The molecule has 0 aromatic carbocycles. The van der Waals surface area contributed by atoms with E-state index in [9.17, 15) is 4.79 Å². The number of carboxylic acids is 1. The summed E-state index contributed by atoms with van der Waals surface area (Å²) in [5.74, 6) is -1.05. The summed E-state index contributed by atoms with van der Waals surface area (Å²) in [6.45, 7) is 0. The number of aromatic nitrogens is 2. The van der Waals surface area contributed by atoms with Crippen molar-refractivity contribution in [2.24, 2.45) is 0 Å². The standard InChI is InChI=1S/C5H4N2O2.CO2/c8-5(9)4-3-6-1-2-7-4;2-1-3/h1-3H,(H,8,9);. The Morgan fingerprint density at radius 2 is 2.00 bits per heavy atom. The molecular weight excluding hydrogens is 164 g/mol. The molecule has 0 atom stereocenters. The van der Waals surface area contributed by atoms with Gasteiger partial charge in [0.15, 0.2) is 5.69 Å². The maximum atomic E-state index is 10.1. The first-order chi connectivity index (χ1) is 5.72. The van der Waals surface area contributed by atoms with Crippen LogP contribution < -0.4 is 0 Å². The van der Waals surface area contributed by atoms with Crippen molar-refractivity contribution in [3.8, 4) is 0 Å². The van der Waals surface area contributed by atoms with E-state index in [1.54, 1.807) is 0 Å². The van der Waals surface area contributed by atoms with Crippen LogP contribution in [0.25, 0.3) is 0 Å². The van der Waals surface area contributed by atoms with Crippen molar-refractivity contribution in [3.05, 3.63) is 24.3 Å². The van der Waals surface area contributed by atoms with Crippen molar-refractivity contribution in [1.29, 1.82) is 0 Å². The average molecular weight is 168 g/mol. The Labute approximate surface area is 66.9 Å². The van der Waals surface area contributed by atoms with Crippen molar-refractivity contribution in [2.45, 2.75) is 0 Å². The normalized spacial score (nSPS) is 7.33. The number of carbonyl (C=O) groups is 1. The summed E-state index contributed by atoms with van der Waals surface area (Å²) in [6, 6.07) is 0. The zero-order valence-electron chi connectivity index (χ0n) is 5.80. The quantitative estimate of drug-likeness (QED) is 0.612. The number of carboxylic acid groups (broad SMARTS) is 1. The first-order valence-electron chi connectivity index (χ1n) is 2.71. The zero-order valence-corrected chi connectivity index (χ0v) is 5.80. The molecule has 12 heavy (non-hydrogen) atoms. The SMILES string of the molecule is O=C(O)c1cnccn1.O=C=O. The Bertz CT molecular complexity index is 279. The fourth-order valence-corrected chi connectivity index (χ4v) is 0.410. The molecule has 0 fully saturated rings. The largest absolute Gasteiger partial charge is 0.476 e. The van der Waals surface area contributed by atoms with Gasteiger partial charge < -0.3 is 5.11 Å². The minimum atomic E-state index is -1.05. The van der Waals surface area contributed by atoms with Crippen LogP contribution in [0.1, 0.15) is 10.5 Å². The van der Waals surface area contributed by atoms with Crippen molar-refractivity contribution in [3.63, 3.8) is 0 Å². The lowest BCUT2D eigenvalue weighted by atomic mass is 10.5. The summed E-state index contributed by atoms with van der Waals surface area (Å²) in [7, 11) is 0. The molecule has 0 bridgehead atoms. The van der Waals surface area contributed by atoms with Crippen LogP contribution in [0.2, 0.25) is 0 Å². The summed E-state index contributed by atoms with van der Waals surface area (Å²) < 4.78 is 0. The zero-order chi connectivity index (χ0) is 9.40. The van der Waals surface area contributed by atoms with Crippen molar-refractivity contribution >= 4 is 12.1 Å². The van der Waals surface area contributed by atoms with Crippen LogP contribution in [-0.2, 0) is 9.59 Å². The predicted molar refractivity (Wildman–Crippen MR) is 34.0 cm³/mol. The van der Waals surface area contributed by atoms with Crippen molar-refractivity contribution in [2.75, 3.05) is 0 Å².